The van der Waals surface area contributed by atoms with Gasteiger partial charge < -0.3 is 18.6 Å². The fourth-order valence-corrected chi connectivity index (χ4v) is 3.16. The number of ether oxygens (including phenoxy) is 3. The largest absolute Gasteiger partial charge is 0.486 e. The Labute approximate surface area is 161 Å². The molecule has 6 heteroatoms. The van der Waals surface area contributed by atoms with Crippen LogP contribution in [0.25, 0.3) is 22.1 Å². The maximum Gasteiger partial charge on any atom is 0.344 e. The van der Waals surface area contributed by atoms with Crippen molar-refractivity contribution in [3.63, 3.8) is 0 Å². The van der Waals surface area contributed by atoms with Crippen molar-refractivity contribution in [1.29, 1.82) is 0 Å². The number of hydrogen-bond acceptors (Lipinski definition) is 6. The second-order valence-electron chi connectivity index (χ2n) is 6.98. The standard InChI is InChI=1S/C22H20O6/c1-12(2)21(23)27-15-5-7-17-16(11-15)13(3)20(22(24)28-17)14-4-6-18-19(10-14)26-9-8-25-18/h4-7,10-12H,8-9H2,1-3H3. The highest BCUT2D eigenvalue weighted by Crippen LogP contribution is 2.36. The van der Waals surface area contributed by atoms with Gasteiger partial charge in [0.05, 0.1) is 11.5 Å². The van der Waals surface area contributed by atoms with E-state index in [2.05, 4.69) is 0 Å². The average molecular weight is 380 g/mol. The molecule has 0 fully saturated rings. The van der Waals surface area contributed by atoms with Gasteiger partial charge in [-0.1, -0.05) is 19.9 Å². The van der Waals surface area contributed by atoms with Gasteiger partial charge in [0.15, 0.2) is 11.5 Å². The van der Waals surface area contributed by atoms with Crippen LogP contribution in [0.2, 0.25) is 0 Å². The molecule has 1 aliphatic heterocycles. The number of fused-ring (bicyclic) bond motifs is 2. The highest BCUT2D eigenvalue weighted by Gasteiger charge is 2.18. The van der Waals surface area contributed by atoms with E-state index in [1.165, 1.54) is 0 Å². The molecule has 0 bridgehead atoms. The van der Waals surface area contributed by atoms with E-state index in [9.17, 15) is 9.59 Å². The van der Waals surface area contributed by atoms with E-state index in [0.29, 0.717) is 52.6 Å². The Hall–Kier alpha value is -3.28. The lowest BCUT2D eigenvalue weighted by molar-refractivity contribution is -0.137. The lowest BCUT2D eigenvalue weighted by Gasteiger charge is -2.19. The molecule has 0 amide bonds. The molecular weight excluding hydrogens is 360 g/mol. The second kappa shape index (κ2) is 7.03. The zero-order valence-electron chi connectivity index (χ0n) is 15.9. The van der Waals surface area contributed by atoms with Gasteiger partial charge in [0.2, 0.25) is 0 Å². The summed E-state index contributed by atoms with van der Waals surface area (Å²) in [6.45, 7) is 6.36. The Morgan fingerprint density at radius 1 is 1.04 bits per heavy atom. The molecule has 4 rings (SSSR count). The van der Waals surface area contributed by atoms with Crippen LogP contribution < -0.4 is 19.8 Å². The fraction of sp³-hybridized carbons (Fsp3) is 0.273. The van der Waals surface area contributed by atoms with Gasteiger partial charge in [-0.15, -0.1) is 0 Å². The van der Waals surface area contributed by atoms with Crippen molar-refractivity contribution in [3.05, 3.63) is 52.4 Å². The number of rotatable bonds is 3. The molecule has 3 aromatic rings. The zero-order chi connectivity index (χ0) is 19.8. The van der Waals surface area contributed by atoms with E-state index in [4.69, 9.17) is 18.6 Å². The first-order chi connectivity index (χ1) is 13.4. The van der Waals surface area contributed by atoms with Gasteiger partial charge in [0.1, 0.15) is 24.5 Å². The summed E-state index contributed by atoms with van der Waals surface area (Å²) < 4.78 is 22.1. The van der Waals surface area contributed by atoms with E-state index in [1.807, 2.05) is 6.92 Å². The highest BCUT2D eigenvalue weighted by atomic mass is 16.6. The lowest BCUT2D eigenvalue weighted by Crippen LogP contribution is -2.15. The molecule has 0 saturated carbocycles. The molecule has 0 saturated heterocycles. The van der Waals surface area contributed by atoms with E-state index < -0.39 is 5.63 Å². The van der Waals surface area contributed by atoms with Crippen LogP contribution in [0, 0.1) is 12.8 Å². The number of carbonyl (C=O) groups is 1. The van der Waals surface area contributed by atoms with Gasteiger partial charge in [-0.05, 0) is 48.4 Å². The molecule has 28 heavy (non-hydrogen) atoms. The number of hydrogen-bond donors (Lipinski definition) is 0. The summed E-state index contributed by atoms with van der Waals surface area (Å²) in [6.07, 6.45) is 0. The summed E-state index contributed by atoms with van der Waals surface area (Å²) in [5, 5.41) is 0.707. The first-order valence-electron chi connectivity index (χ1n) is 9.13. The van der Waals surface area contributed by atoms with Crippen molar-refractivity contribution in [2.24, 2.45) is 5.92 Å². The summed E-state index contributed by atoms with van der Waals surface area (Å²) in [5.74, 6) is 1.11. The number of benzene rings is 2. The lowest BCUT2D eigenvalue weighted by atomic mass is 9.99. The van der Waals surface area contributed by atoms with E-state index in [1.54, 1.807) is 50.2 Å². The maximum absolute atomic E-state index is 12.7. The number of carbonyl (C=O) groups excluding carboxylic acids is 1. The van der Waals surface area contributed by atoms with Crippen molar-refractivity contribution in [3.8, 4) is 28.4 Å². The Morgan fingerprint density at radius 2 is 1.79 bits per heavy atom. The van der Waals surface area contributed by atoms with Crippen molar-refractivity contribution in [2.75, 3.05) is 13.2 Å². The molecule has 0 N–H and O–H groups in total. The third-order valence-corrected chi connectivity index (χ3v) is 4.66. The van der Waals surface area contributed by atoms with Crippen molar-refractivity contribution in [1.82, 2.24) is 0 Å². The second-order valence-corrected chi connectivity index (χ2v) is 6.98. The molecule has 1 aliphatic rings. The summed E-state index contributed by atoms with van der Waals surface area (Å²) in [5.41, 5.74) is 1.87. The molecule has 1 aromatic heterocycles. The van der Waals surface area contributed by atoms with Crippen molar-refractivity contribution in [2.45, 2.75) is 20.8 Å². The third-order valence-electron chi connectivity index (χ3n) is 4.66. The monoisotopic (exact) mass is 380 g/mol. The Bertz CT molecular complexity index is 1130. The predicted octanol–water partition coefficient (Wildman–Crippen LogP) is 4.10. The van der Waals surface area contributed by atoms with Gasteiger partial charge in [0.25, 0.3) is 0 Å². The SMILES string of the molecule is Cc1c(-c2ccc3c(c2)OCCO3)c(=O)oc2ccc(OC(=O)C(C)C)cc12. The molecular formula is C22H20O6. The topological polar surface area (TPSA) is 75.0 Å². The molecule has 0 spiro atoms. The maximum atomic E-state index is 12.7. The molecule has 0 radical (unpaired) electrons. The third kappa shape index (κ3) is 3.22. The van der Waals surface area contributed by atoms with Gasteiger partial charge in [-0.2, -0.15) is 0 Å². The van der Waals surface area contributed by atoms with Crippen molar-refractivity contribution < 1.29 is 23.4 Å². The van der Waals surface area contributed by atoms with Crippen LogP contribution in [-0.4, -0.2) is 19.2 Å². The highest BCUT2D eigenvalue weighted by molar-refractivity contribution is 5.88. The first kappa shape index (κ1) is 18.1. The predicted molar refractivity (Wildman–Crippen MR) is 104 cm³/mol. The molecule has 0 atom stereocenters. The zero-order valence-corrected chi connectivity index (χ0v) is 15.9. The van der Waals surface area contributed by atoms with Crippen LogP contribution in [0.15, 0.2) is 45.6 Å². The summed E-state index contributed by atoms with van der Waals surface area (Å²) in [7, 11) is 0. The first-order valence-corrected chi connectivity index (χ1v) is 9.13. The smallest absolute Gasteiger partial charge is 0.344 e. The molecule has 0 aliphatic carbocycles. The summed E-state index contributed by atoms with van der Waals surface area (Å²) in [6, 6.07) is 10.3. The molecule has 144 valence electrons. The summed E-state index contributed by atoms with van der Waals surface area (Å²) >= 11 is 0. The minimum atomic E-state index is -0.436. The van der Waals surface area contributed by atoms with Crippen LogP contribution in [-0.2, 0) is 4.79 Å². The van der Waals surface area contributed by atoms with E-state index in [0.717, 1.165) is 5.56 Å². The van der Waals surface area contributed by atoms with Crippen LogP contribution in [0.3, 0.4) is 0 Å². The van der Waals surface area contributed by atoms with Gasteiger partial charge in [-0.25, -0.2) is 4.79 Å². The summed E-state index contributed by atoms with van der Waals surface area (Å²) in [4.78, 5) is 24.5. The van der Waals surface area contributed by atoms with Crippen molar-refractivity contribution >= 4 is 16.9 Å². The molecule has 0 unspecified atom stereocenters. The van der Waals surface area contributed by atoms with Gasteiger partial charge in [0, 0.05) is 5.39 Å². The Balaban J connectivity index is 1.82. The van der Waals surface area contributed by atoms with E-state index >= 15 is 0 Å². The Morgan fingerprint density at radius 3 is 2.54 bits per heavy atom. The van der Waals surface area contributed by atoms with Crippen LogP contribution in [0.5, 0.6) is 17.2 Å². The molecule has 6 nitrogen and oxygen atoms in total. The van der Waals surface area contributed by atoms with Crippen LogP contribution >= 0.6 is 0 Å². The Kier molecular flexibility index (Phi) is 4.55. The average Bonchev–Trinajstić information content (AvgIpc) is 2.68. The van der Waals surface area contributed by atoms with Gasteiger partial charge >= 0.3 is 11.6 Å². The quantitative estimate of drug-likeness (QED) is 0.387. The number of esters is 1. The molecule has 2 heterocycles. The minimum Gasteiger partial charge on any atom is -0.486 e. The normalized spacial score (nSPS) is 13.0. The van der Waals surface area contributed by atoms with Crippen LogP contribution in [0.1, 0.15) is 19.4 Å². The fourth-order valence-electron chi connectivity index (χ4n) is 3.16. The van der Waals surface area contributed by atoms with Crippen LogP contribution in [0.4, 0.5) is 0 Å². The minimum absolute atomic E-state index is 0.237. The molecule has 2 aromatic carbocycles. The van der Waals surface area contributed by atoms with Gasteiger partial charge in [-0.3, -0.25) is 4.79 Å². The number of aryl methyl sites for hydroxylation is 1. The van der Waals surface area contributed by atoms with E-state index in [-0.39, 0.29) is 11.9 Å².